The van der Waals surface area contributed by atoms with Crippen LogP contribution in [0.15, 0.2) is 24.3 Å². The minimum Gasteiger partial charge on any atom is -0.316 e. The van der Waals surface area contributed by atoms with E-state index in [9.17, 15) is 0 Å². The normalized spacial score (nSPS) is 23.8. The Balaban J connectivity index is 1.99. The smallest absolute Gasteiger partial charge is 0.0451 e. The first-order valence-corrected chi connectivity index (χ1v) is 7.17. The lowest BCUT2D eigenvalue weighted by molar-refractivity contribution is 0.178. The summed E-state index contributed by atoms with van der Waals surface area (Å²) in [5.41, 5.74) is 1.65. The van der Waals surface area contributed by atoms with Crippen molar-refractivity contribution in [2.45, 2.75) is 26.8 Å². The molecule has 1 heterocycles. The van der Waals surface area contributed by atoms with E-state index in [2.05, 4.69) is 36.2 Å². The van der Waals surface area contributed by atoms with Gasteiger partial charge in [-0.25, -0.2) is 0 Å². The molecule has 0 aromatic heterocycles. The zero-order valence-corrected chi connectivity index (χ0v) is 12.1. The van der Waals surface area contributed by atoms with Gasteiger partial charge in [0.1, 0.15) is 0 Å². The Labute approximate surface area is 115 Å². The van der Waals surface area contributed by atoms with Crippen LogP contribution in [0.4, 0.5) is 0 Å². The van der Waals surface area contributed by atoms with Gasteiger partial charge >= 0.3 is 0 Å². The molecule has 18 heavy (non-hydrogen) atoms. The Morgan fingerprint density at radius 3 is 2.78 bits per heavy atom. The van der Waals surface area contributed by atoms with Crippen molar-refractivity contribution in [3.8, 4) is 0 Å². The molecule has 1 atom stereocenters. The Hall–Kier alpha value is -0.570. The number of nitrogens with zero attached hydrogens (tertiary/aromatic N) is 1. The minimum atomic E-state index is 0.414. The Bertz CT molecular complexity index is 386. The molecule has 0 aliphatic carbocycles. The van der Waals surface area contributed by atoms with Crippen LogP contribution >= 0.6 is 11.6 Å². The molecule has 0 saturated carbocycles. The van der Waals surface area contributed by atoms with Crippen LogP contribution in [0.5, 0.6) is 0 Å². The number of benzene rings is 1. The molecule has 2 nitrogen and oxygen atoms in total. The van der Waals surface area contributed by atoms with Gasteiger partial charge in [0, 0.05) is 24.7 Å². The summed E-state index contributed by atoms with van der Waals surface area (Å²) < 4.78 is 0. The third kappa shape index (κ3) is 3.47. The monoisotopic (exact) mass is 266 g/mol. The average molecular weight is 267 g/mol. The minimum absolute atomic E-state index is 0.414. The molecule has 1 saturated heterocycles. The van der Waals surface area contributed by atoms with Crippen molar-refractivity contribution < 1.29 is 0 Å². The van der Waals surface area contributed by atoms with Gasteiger partial charge in [-0.2, -0.15) is 0 Å². The molecule has 2 rings (SSSR count). The van der Waals surface area contributed by atoms with Crippen molar-refractivity contribution in [2.24, 2.45) is 5.41 Å². The van der Waals surface area contributed by atoms with E-state index in [1.807, 2.05) is 12.1 Å². The van der Waals surface area contributed by atoms with Crippen molar-refractivity contribution in [3.05, 3.63) is 34.9 Å². The third-order valence-corrected chi connectivity index (χ3v) is 4.23. The number of hydrogen-bond acceptors (Lipinski definition) is 2. The van der Waals surface area contributed by atoms with Gasteiger partial charge in [-0.1, -0.05) is 43.6 Å². The van der Waals surface area contributed by atoms with E-state index in [4.69, 9.17) is 11.6 Å². The van der Waals surface area contributed by atoms with Gasteiger partial charge in [-0.3, -0.25) is 4.90 Å². The van der Waals surface area contributed by atoms with Crippen molar-refractivity contribution in [1.82, 2.24) is 10.2 Å². The summed E-state index contributed by atoms with van der Waals surface area (Å²) in [4.78, 5) is 2.49. The zero-order valence-electron chi connectivity index (χ0n) is 11.4. The van der Waals surface area contributed by atoms with E-state index in [0.717, 1.165) is 37.7 Å². The fourth-order valence-electron chi connectivity index (χ4n) is 2.69. The first-order chi connectivity index (χ1) is 8.63. The summed E-state index contributed by atoms with van der Waals surface area (Å²) in [6, 6.07) is 8.15. The second-order valence-corrected chi connectivity index (χ2v) is 6.04. The van der Waals surface area contributed by atoms with Crippen LogP contribution in [0.3, 0.4) is 0 Å². The van der Waals surface area contributed by atoms with Crippen molar-refractivity contribution in [1.29, 1.82) is 0 Å². The number of hydrogen-bond donors (Lipinski definition) is 1. The van der Waals surface area contributed by atoms with Crippen LogP contribution in [0.1, 0.15) is 25.8 Å². The van der Waals surface area contributed by atoms with Crippen LogP contribution < -0.4 is 5.32 Å². The van der Waals surface area contributed by atoms with E-state index in [0.29, 0.717) is 5.41 Å². The van der Waals surface area contributed by atoms with Crippen molar-refractivity contribution in [3.63, 3.8) is 0 Å². The standard InChI is InChI=1S/C15H23ClN2/c1-3-18(12-15(2)8-9-17-11-15)10-13-6-4-5-7-14(13)16/h4-7,17H,3,8-12H2,1-2H3. The van der Waals surface area contributed by atoms with E-state index in [-0.39, 0.29) is 0 Å². The second kappa shape index (κ2) is 6.05. The molecule has 1 aliphatic heterocycles. The molecule has 1 aromatic rings. The second-order valence-electron chi connectivity index (χ2n) is 5.63. The van der Waals surface area contributed by atoms with Gasteiger partial charge in [0.05, 0.1) is 0 Å². The highest BCUT2D eigenvalue weighted by atomic mass is 35.5. The first kappa shape index (κ1) is 13.9. The third-order valence-electron chi connectivity index (χ3n) is 3.86. The summed E-state index contributed by atoms with van der Waals surface area (Å²) in [7, 11) is 0. The Kier molecular flexibility index (Phi) is 4.66. The molecule has 0 radical (unpaired) electrons. The molecule has 100 valence electrons. The van der Waals surface area contributed by atoms with Gasteiger partial charge < -0.3 is 5.32 Å². The van der Waals surface area contributed by atoms with Gasteiger partial charge in [0.2, 0.25) is 0 Å². The van der Waals surface area contributed by atoms with Crippen molar-refractivity contribution >= 4 is 11.6 Å². The molecule has 0 amide bonds. The first-order valence-electron chi connectivity index (χ1n) is 6.79. The van der Waals surface area contributed by atoms with Crippen molar-refractivity contribution in [2.75, 3.05) is 26.2 Å². The highest BCUT2D eigenvalue weighted by Gasteiger charge is 2.30. The highest BCUT2D eigenvalue weighted by molar-refractivity contribution is 6.31. The molecule has 1 unspecified atom stereocenters. The number of halogens is 1. The fraction of sp³-hybridized carbons (Fsp3) is 0.600. The number of nitrogens with one attached hydrogen (secondary N) is 1. The summed E-state index contributed by atoms with van der Waals surface area (Å²) in [6.45, 7) is 10.0. The summed E-state index contributed by atoms with van der Waals surface area (Å²) in [6.07, 6.45) is 1.27. The predicted molar refractivity (Wildman–Crippen MR) is 78.0 cm³/mol. The lowest BCUT2D eigenvalue weighted by Crippen LogP contribution is -2.37. The van der Waals surface area contributed by atoms with Gasteiger partial charge in [0.25, 0.3) is 0 Å². The Morgan fingerprint density at radius 1 is 1.39 bits per heavy atom. The number of rotatable bonds is 5. The SMILES string of the molecule is CCN(Cc1ccccc1Cl)CC1(C)CCNC1. The van der Waals surface area contributed by atoms with Crippen LogP contribution in [-0.4, -0.2) is 31.1 Å². The molecule has 1 aliphatic rings. The molecule has 0 bridgehead atoms. The van der Waals surface area contributed by atoms with E-state index < -0.39 is 0 Å². The van der Waals surface area contributed by atoms with Crippen LogP contribution in [0.2, 0.25) is 5.02 Å². The van der Waals surface area contributed by atoms with E-state index in [1.165, 1.54) is 12.0 Å². The maximum atomic E-state index is 6.24. The predicted octanol–water partition coefficient (Wildman–Crippen LogP) is 3.16. The van der Waals surface area contributed by atoms with Gasteiger partial charge in [0.15, 0.2) is 0 Å². The zero-order chi connectivity index (χ0) is 13.0. The molecular formula is C15H23ClN2. The van der Waals surface area contributed by atoms with Crippen LogP contribution in [0, 0.1) is 5.41 Å². The lowest BCUT2D eigenvalue weighted by Gasteiger charge is -2.31. The average Bonchev–Trinajstić information content (AvgIpc) is 2.78. The molecule has 1 aromatic carbocycles. The fourth-order valence-corrected chi connectivity index (χ4v) is 2.89. The topological polar surface area (TPSA) is 15.3 Å². The summed E-state index contributed by atoms with van der Waals surface area (Å²) in [5, 5.41) is 4.35. The summed E-state index contributed by atoms with van der Waals surface area (Å²) >= 11 is 6.24. The molecule has 1 fully saturated rings. The molecule has 1 N–H and O–H groups in total. The molecule has 3 heteroatoms. The largest absolute Gasteiger partial charge is 0.316 e. The molecule has 0 spiro atoms. The lowest BCUT2D eigenvalue weighted by atomic mass is 9.89. The highest BCUT2D eigenvalue weighted by Crippen LogP contribution is 2.27. The van der Waals surface area contributed by atoms with E-state index >= 15 is 0 Å². The van der Waals surface area contributed by atoms with Crippen LogP contribution in [0.25, 0.3) is 0 Å². The maximum absolute atomic E-state index is 6.24. The van der Waals surface area contributed by atoms with Crippen LogP contribution in [-0.2, 0) is 6.54 Å². The summed E-state index contributed by atoms with van der Waals surface area (Å²) in [5.74, 6) is 0. The van der Waals surface area contributed by atoms with Gasteiger partial charge in [-0.05, 0) is 36.6 Å². The van der Waals surface area contributed by atoms with E-state index in [1.54, 1.807) is 0 Å². The maximum Gasteiger partial charge on any atom is 0.0451 e. The quantitative estimate of drug-likeness (QED) is 0.881. The Morgan fingerprint density at radius 2 is 2.17 bits per heavy atom. The molecular weight excluding hydrogens is 244 g/mol. The van der Waals surface area contributed by atoms with Gasteiger partial charge in [-0.15, -0.1) is 0 Å².